The molecule has 0 amide bonds. The average molecular weight is 182 g/mol. The average Bonchev–Trinajstić information content (AvgIpc) is 2.24. The van der Waals surface area contributed by atoms with E-state index in [0.717, 1.165) is 6.42 Å². The predicted molar refractivity (Wildman–Crippen MR) is 55.5 cm³/mol. The van der Waals surface area contributed by atoms with Gasteiger partial charge in [-0.1, -0.05) is 43.3 Å². The molecule has 0 saturated heterocycles. The van der Waals surface area contributed by atoms with Crippen molar-refractivity contribution in [1.29, 1.82) is 0 Å². The van der Waals surface area contributed by atoms with Crippen LogP contribution in [0.1, 0.15) is 20.3 Å². The molecule has 0 bridgehead atoms. The van der Waals surface area contributed by atoms with E-state index in [9.17, 15) is 0 Å². The van der Waals surface area contributed by atoms with Gasteiger partial charge in [0.2, 0.25) is 0 Å². The molecule has 0 aliphatic carbocycles. The third kappa shape index (κ3) is 18.1. The zero-order valence-electron chi connectivity index (χ0n) is 8.31. The minimum Gasteiger partial charge on any atom is -0.393 e. The molecule has 0 radical (unpaired) electrons. The van der Waals surface area contributed by atoms with E-state index in [1.165, 1.54) is 0 Å². The van der Waals surface area contributed by atoms with Crippen molar-refractivity contribution in [2.24, 2.45) is 0 Å². The van der Waals surface area contributed by atoms with Gasteiger partial charge in [-0.25, -0.2) is 0 Å². The number of hydrogen-bond donors (Lipinski definition) is 1. The van der Waals surface area contributed by atoms with E-state index in [1.54, 1.807) is 6.92 Å². The first kappa shape index (κ1) is 14.4. The molecule has 1 aromatic carbocycles. The first-order chi connectivity index (χ1) is 6.27. The van der Waals surface area contributed by atoms with Crippen molar-refractivity contribution in [3.05, 3.63) is 36.4 Å². The van der Waals surface area contributed by atoms with Crippen molar-refractivity contribution in [3.63, 3.8) is 0 Å². The molecule has 13 heavy (non-hydrogen) atoms. The summed E-state index contributed by atoms with van der Waals surface area (Å²) in [5.41, 5.74) is 0. The molecule has 0 saturated carbocycles. The lowest BCUT2D eigenvalue weighted by Gasteiger charge is -1.90. The summed E-state index contributed by atoms with van der Waals surface area (Å²) in [6, 6.07) is 12.0. The highest BCUT2D eigenvalue weighted by atomic mass is 16.3. The molecule has 74 valence electrons. The van der Waals surface area contributed by atoms with Crippen LogP contribution in [0.2, 0.25) is 0 Å². The number of aliphatic hydroxyl groups excluding tert-OH is 1. The highest BCUT2D eigenvalue weighted by molar-refractivity contribution is 5.11. The van der Waals surface area contributed by atoms with Gasteiger partial charge in [-0.2, -0.15) is 0 Å². The van der Waals surface area contributed by atoms with Gasteiger partial charge in [0.15, 0.2) is 0 Å². The van der Waals surface area contributed by atoms with Crippen LogP contribution in [0, 0.1) is 0 Å². The number of rotatable bonds is 1. The van der Waals surface area contributed by atoms with Crippen molar-refractivity contribution in [3.8, 4) is 0 Å². The minimum atomic E-state index is -0.116. The summed E-state index contributed by atoms with van der Waals surface area (Å²) in [4.78, 5) is 8.00. The molecular weight excluding hydrogens is 164 g/mol. The normalized spacial score (nSPS) is 9.77. The summed E-state index contributed by atoms with van der Waals surface area (Å²) in [6.45, 7) is 5.73. The minimum absolute atomic E-state index is 0.116. The van der Waals surface area contributed by atoms with Crippen LogP contribution in [-0.4, -0.2) is 18.0 Å². The lowest BCUT2D eigenvalue weighted by Crippen LogP contribution is -1.93. The van der Waals surface area contributed by atoms with Crippen LogP contribution in [-0.2, 0) is 4.79 Å². The number of hydrogen-bond acceptors (Lipinski definition) is 2. The van der Waals surface area contributed by atoms with Gasteiger partial charge >= 0.3 is 0 Å². The second-order valence-electron chi connectivity index (χ2n) is 2.41. The van der Waals surface area contributed by atoms with Crippen molar-refractivity contribution >= 4 is 6.79 Å². The molecule has 0 unspecified atom stereocenters. The maximum Gasteiger partial charge on any atom is 0.106 e. The van der Waals surface area contributed by atoms with E-state index in [1.807, 2.05) is 50.1 Å². The number of aliphatic hydroxyl groups is 1. The fourth-order valence-electron chi connectivity index (χ4n) is 0.385. The van der Waals surface area contributed by atoms with Gasteiger partial charge in [0.25, 0.3) is 0 Å². The molecule has 0 spiro atoms. The summed E-state index contributed by atoms with van der Waals surface area (Å²) in [7, 11) is 0. The van der Waals surface area contributed by atoms with Gasteiger partial charge in [-0.05, 0) is 13.3 Å². The topological polar surface area (TPSA) is 37.3 Å². The Kier molecular flexibility index (Phi) is 14.9. The van der Waals surface area contributed by atoms with E-state index in [0.29, 0.717) is 0 Å². The summed E-state index contributed by atoms with van der Waals surface area (Å²) in [6.07, 6.45) is 0.745. The first-order valence-corrected chi connectivity index (χ1v) is 4.24. The van der Waals surface area contributed by atoms with Crippen molar-refractivity contribution in [1.82, 2.24) is 0 Å². The van der Waals surface area contributed by atoms with Crippen LogP contribution in [0.4, 0.5) is 0 Å². The standard InChI is InChI=1S/C6H6.C4H10O.CH2O/c1-2-4-6-5-3-1;1-3-4(2)5;1-2/h1-6H;4-5H,3H2,1-2H3;1H2/t;4-;/m.1./s1. The third-order valence-electron chi connectivity index (χ3n) is 1.26. The Morgan fingerprint density at radius 2 is 1.23 bits per heavy atom. The molecule has 2 heteroatoms. The highest BCUT2D eigenvalue weighted by Gasteiger charge is 1.81. The predicted octanol–water partition coefficient (Wildman–Crippen LogP) is 2.28. The SMILES string of the molecule is C=O.CC[C@@H](C)O.c1ccccc1. The van der Waals surface area contributed by atoms with E-state index < -0.39 is 0 Å². The van der Waals surface area contributed by atoms with Crippen molar-refractivity contribution in [2.75, 3.05) is 0 Å². The quantitative estimate of drug-likeness (QED) is 0.723. The van der Waals surface area contributed by atoms with E-state index in [-0.39, 0.29) is 6.10 Å². The lowest BCUT2D eigenvalue weighted by atomic mass is 10.3. The summed E-state index contributed by atoms with van der Waals surface area (Å²) >= 11 is 0. The Labute approximate surface area is 80.2 Å². The fourth-order valence-corrected chi connectivity index (χ4v) is 0.385. The molecule has 1 aromatic rings. The Morgan fingerprint density at radius 3 is 1.31 bits per heavy atom. The summed E-state index contributed by atoms with van der Waals surface area (Å²) in [5.74, 6) is 0. The van der Waals surface area contributed by atoms with Crippen LogP contribution in [0.3, 0.4) is 0 Å². The maximum atomic E-state index is 8.36. The Balaban J connectivity index is 0. The van der Waals surface area contributed by atoms with E-state index in [2.05, 4.69) is 0 Å². The third-order valence-corrected chi connectivity index (χ3v) is 1.26. The molecule has 0 heterocycles. The Hall–Kier alpha value is -1.15. The van der Waals surface area contributed by atoms with Crippen LogP contribution >= 0.6 is 0 Å². The van der Waals surface area contributed by atoms with Gasteiger partial charge in [0.1, 0.15) is 6.79 Å². The van der Waals surface area contributed by atoms with Gasteiger partial charge < -0.3 is 9.90 Å². The van der Waals surface area contributed by atoms with Gasteiger partial charge in [0, 0.05) is 0 Å². The monoisotopic (exact) mass is 182 g/mol. The molecule has 0 fully saturated rings. The number of carbonyl (C=O) groups is 1. The molecule has 0 aromatic heterocycles. The van der Waals surface area contributed by atoms with Crippen LogP contribution in [0.25, 0.3) is 0 Å². The fraction of sp³-hybridized carbons (Fsp3) is 0.364. The van der Waals surface area contributed by atoms with E-state index >= 15 is 0 Å². The Bertz CT molecular complexity index is 134. The van der Waals surface area contributed by atoms with E-state index in [4.69, 9.17) is 9.90 Å². The zero-order valence-corrected chi connectivity index (χ0v) is 8.31. The lowest BCUT2D eigenvalue weighted by molar-refractivity contribution is -0.0979. The molecule has 1 atom stereocenters. The van der Waals surface area contributed by atoms with Crippen molar-refractivity contribution in [2.45, 2.75) is 26.4 Å². The zero-order chi connectivity index (χ0) is 10.5. The second-order valence-corrected chi connectivity index (χ2v) is 2.41. The van der Waals surface area contributed by atoms with Crippen molar-refractivity contribution < 1.29 is 9.90 Å². The molecule has 0 aliphatic rings. The molecule has 1 rings (SSSR count). The second kappa shape index (κ2) is 13.4. The first-order valence-electron chi connectivity index (χ1n) is 4.24. The molecule has 2 nitrogen and oxygen atoms in total. The van der Waals surface area contributed by atoms with Crippen LogP contribution in [0.15, 0.2) is 36.4 Å². The smallest absolute Gasteiger partial charge is 0.106 e. The molecular formula is C11H18O2. The number of carbonyl (C=O) groups excluding carboxylic acids is 1. The van der Waals surface area contributed by atoms with Gasteiger partial charge in [-0.3, -0.25) is 0 Å². The molecule has 0 aliphatic heterocycles. The number of benzene rings is 1. The summed E-state index contributed by atoms with van der Waals surface area (Å²) < 4.78 is 0. The van der Waals surface area contributed by atoms with Crippen LogP contribution in [0.5, 0.6) is 0 Å². The molecule has 1 N–H and O–H groups in total. The largest absolute Gasteiger partial charge is 0.393 e. The van der Waals surface area contributed by atoms with Gasteiger partial charge in [0.05, 0.1) is 6.10 Å². The van der Waals surface area contributed by atoms with Gasteiger partial charge in [-0.15, -0.1) is 0 Å². The van der Waals surface area contributed by atoms with Crippen LogP contribution < -0.4 is 0 Å². The summed E-state index contributed by atoms with van der Waals surface area (Å²) in [5, 5.41) is 8.36. The Morgan fingerprint density at radius 1 is 1.08 bits per heavy atom. The highest BCUT2D eigenvalue weighted by Crippen LogP contribution is 1.81. The maximum absolute atomic E-state index is 8.36.